The van der Waals surface area contributed by atoms with Crippen molar-refractivity contribution in [3.05, 3.63) is 58.4 Å². The molecule has 0 saturated heterocycles. The molecule has 6 nitrogen and oxygen atoms in total. The Morgan fingerprint density at radius 2 is 1.92 bits per heavy atom. The summed E-state index contributed by atoms with van der Waals surface area (Å²) in [6.45, 7) is 0. The van der Waals surface area contributed by atoms with Gasteiger partial charge < -0.3 is 14.5 Å². The van der Waals surface area contributed by atoms with Crippen molar-refractivity contribution in [2.45, 2.75) is 0 Å². The van der Waals surface area contributed by atoms with E-state index in [-0.39, 0.29) is 11.8 Å². The lowest BCUT2D eigenvalue weighted by Gasteiger charge is -2.08. The number of anilines is 1. The summed E-state index contributed by atoms with van der Waals surface area (Å²) < 4.78 is 10.6. The number of benzene rings is 2. The summed E-state index contributed by atoms with van der Waals surface area (Å²) in [6.07, 6.45) is 0. The number of aromatic nitrogens is 2. The number of methoxy groups -OCH3 is 1. The van der Waals surface area contributed by atoms with Crippen molar-refractivity contribution in [1.82, 2.24) is 10.2 Å². The van der Waals surface area contributed by atoms with E-state index < -0.39 is 5.91 Å². The molecule has 3 rings (SSSR count). The number of carbonyl (C=O) groups is 1. The minimum absolute atomic E-state index is 0.188. The second kappa shape index (κ2) is 6.90. The van der Waals surface area contributed by atoms with Crippen molar-refractivity contribution in [2.75, 3.05) is 12.4 Å². The zero-order valence-electron chi connectivity index (χ0n) is 12.4. The first kappa shape index (κ1) is 16.3. The molecule has 0 spiro atoms. The molecule has 1 aromatic heterocycles. The first-order valence-electron chi connectivity index (χ1n) is 6.81. The number of carbonyl (C=O) groups excluding carboxylic acids is 1. The normalized spacial score (nSPS) is 10.5. The van der Waals surface area contributed by atoms with E-state index >= 15 is 0 Å². The maximum absolute atomic E-state index is 12.3. The average Bonchev–Trinajstić information content (AvgIpc) is 3.05. The molecule has 0 aliphatic rings. The van der Waals surface area contributed by atoms with Crippen LogP contribution in [0.5, 0.6) is 5.75 Å². The number of ether oxygens (including phenoxy) is 1. The lowest BCUT2D eigenvalue weighted by molar-refractivity contribution is 0.0990. The topological polar surface area (TPSA) is 77.2 Å². The Labute approximate surface area is 147 Å². The molecule has 3 aromatic rings. The molecule has 0 fully saturated rings. The van der Waals surface area contributed by atoms with E-state index in [1.54, 1.807) is 42.5 Å². The molecule has 122 valence electrons. The Kier molecular flexibility index (Phi) is 4.69. The van der Waals surface area contributed by atoms with Gasteiger partial charge in [0.2, 0.25) is 5.89 Å². The Hall–Kier alpha value is -2.57. The van der Waals surface area contributed by atoms with Crippen LogP contribution in [-0.4, -0.2) is 23.2 Å². The van der Waals surface area contributed by atoms with E-state index in [1.165, 1.54) is 7.11 Å². The smallest absolute Gasteiger partial charge is 0.313 e. The van der Waals surface area contributed by atoms with Crippen LogP contribution in [-0.2, 0) is 0 Å². The fraction of sp³-hybridized carbons (Fsp3) is 0.0625. The summed E-state index contributed by atoms with van der Waals surface area (Å²) in [5.41, 5.74) is 1.02. The maximum atomic E-state index is 12.3. The first-order valence-corrected chi connectivity index (χ1v) is 7.57. The van der Waals surface area contributed by atoms with Crippen LogP contribution in [0.15, 0.2) is 46.9 Å². The monoisotopic (exact) mass is 363 g/mol. The molecule has 2 aromatic carbocycles. The number of rotatable bonds is 4. The largest absolute Gasteiger partial charge is 0.495 e. The van der Waals surface area contributed by atoms with Gasteiger partial charge in [-0.3, -0.25) is 4.79 Å². The number of nitrogens with zero attached hydrogens (tertiary/aromatic N) is 2. The molecule has 0 atom stereocenters. The van der Waals surface area contributed by atoms with Crippen molar-refractivity contribution in [3.63, 3.8) is 0 Å². The molecule has 24 heavy (non-hydrogen) atoms. The van der Waals surface area contributed by atoms with Crippen LogP contribution < -0.4 is 10.1 Å². The van der Waals surface area contributed by atoms with Crippen LogP contribution in [0.2, 0.25) is 10.0 Å². The average molecular weight is 364 g/mol. The van der Waals surface area contributed by atoms with Gasteiger partial charge in [0.15, 0.2) is 0 Å². The van der Waals surface area contributed by atoms with Crippen LogP contribution in [0, 0.1) is 0 Å². The van der Waals surface area contributed by atoms with Gasteiger partial charge in [0.05, 0.1) is 12.8 Å². The zero-order chi connectivity index (χ0) is 17.1. The summed E-state index contributed by atoms with van der Waals surface area (Å²) in [5, 5.41) is 11.2. The predicted octanol–water partition coefficient (Wildman–Crippen LogP) is 4.30. The Bertz CT molecular complexity index is 896. The van der Waals surface area contributed by atoms with Gasteiger partial charge in [0, 0.05) is 15.6 Å². The van der Waals surface area contributed by atoms with Crippen molar-refractivity contribution in [2.24, 2.45) is 0 Å². The second-order valence-electron chi connectivity index (χ2n) is 4.72. The third kappa shape index (κ3) is 3.50. The van der Waals surface area contributed by atoms with Gasteiger partial charge >= 0.3 is 11.8 Å². The van der Waals surface area contributed by atoms with Crippen molar-refractivity contribution in [1.29, 1.82) is 0 Å². The first-order chi connectivity index (χ1) is 11.6. The number of amides is 1. The molecule has 1 amide bonds. The van der Waals surface area contributed by atoms with Gasteiger partial charge in [0.25, 0.3) is 0 Å². The van der Waals surface area contributed by atoms with Gasteiger partial charge in [-0.25, -0.2) is 0 Å². The molecule has 0 aliphatic heterocycles. The Morgan fingerprint density at radius 3 is 2.67 bits per heavy atom. The summed E-state index contributed by atoms with van der Waals surface area (Å²) in [5.74, 6) is -0.105. The van der Waals surface area contributed by atoms with Crippen LogP contribution in [0.3, 0.4) is 0 Å². The fourth-order valence-electron chi connectivity index (χ4n) is 2.01. The van der Waals surface area contributed by atoms with Crippen LogP contribution in [0.25, 0.3) is 11.5 Å². The van der Waals surface area contributed by atoms with Crippen LogP contribution >= 0.6 is 23.2 Å². The van der Waals surface area contributed by atoms with Gasteiger partial charge in [-0.05, 0) is 36.4 Å². The highest BCUT2D eigenvalue weighted by molar-refractivity contribution is 6.31. The molecule has 0 aliphatic carbocycles. The van der Waals surface area contributed by atoms with Gasteiger partial charge in [-0.1, -0.05) is 29.3 Å². The third-order valence-electron chi connectivity index (χ3n) is 3.10. The van der Waals surface area contributed by atoms with Gasteiger partial charge in [-0.2, -0.15) is 0 Å². The molecule has 8 heteroatoms. The second-order valence-corrected chi connectivity index (χ2v) is 5.59. The SMILES string of the molecule is COc1ccc(Cl)cc1NC(=O)c1nnc(-c2cccc(Cl)c2)o1. The van der Waals surface area contributed by atoms with E-state index in [1.807, 2.05) is 0 Å². The van der Waals surface area contributed by atoms with Gasteiger partial charge in [-0.15, -0.1) is 10.2 Å². The minimum Gasteiger partial charge on any atom is -0.495 e. The number of hydrogen-bond acceptors (Lipinski definition) is 5. The summed E-state index contributed by atoms with van der Waals surface area (Å²) in [4.78, 5) is 12.3. The van der Waals surface area contributed by atoms with Gasteiger partial charge in [0.1, 0.15) is 5.75 Å². The van der Waals surface area contributed by atoms with Crippen LogP contribution in [0.4, 0.5) is 5.69 Å². The number of nitrogens with one attached hydrogen (secondary N) is 1. The summed E-state index contributed by atoms with van der Waals surface area (Å²) in [6, 6.07) is 11.7. The molecular formula is C16H11Cl2N3O3. The molecule has 1 N–H and O–H groups in total. The molecule has 0 saturated carbocycles. The van der Waals surface area contributed by atoms with E-state index in [4.69, 9.17) is 32.4 Å². The van der Waals surface area contributed by atoms with E-state index in [2.05, 4.69) is 15.5 Å². The molecule has 0 radical (unpaired) electrons. The van der Waals surface area contributed by atoms with E-state index in [0.29, 0.717) is 27.0 Å². The van der Waals surface area contributed by atoms with Crippen molar-refractivity contribution in [3.8, 4) is 17.2 Å². The third-order valence-corrected chi connectivity index (χ3v) is 3.57. The lowest BCUT2D eigenvalue weighted by atomic mass is 10.2. The lowest BCUT2D eigenvalue weighted by Crippen LogP contribution is -2.13. The highest BCUT2D eigenvalue weighted by Gasteiger charge is 2.18. The number of hydrogen-bond donors (Lipinski definition) is 1. The quantitative estimate of drug-likeness (QED) is 0.747. The highest BCUT2D eigenvalue weighted by Crippen LogP contribution is 2.28. The Morgan fingerprint density at radius 1 is 1.12 bits per heavy atom. The molecular weight excluding hydrogens is 353 g/mol. The maximum Gasteiger partial charge on any atom is 0.313 e. The van der Waals surface area contributed by atoms with Crippen molar-refractivity contribution < 1.29 is 13.9 Å². The minimum atomic E-state index is -0.573. The molecule has 1 heterocycles. The van der Waals surface area contributed by atoms with Crippen LogP contribution in [0.1, 0.15) is 10.7 Å². The fourth-order valence-corrected chi connectivity index (χ4v) is 2.37. The summed E-state index contributed by atoms with van der Waals surface area (Å²) in [7, 11) is 1.49. The number of halogens is 2. The van der Waals surface area contributed by atoms with Crippen molar-refractivity contribution >= 4 is 34.8 Å². The molecule has 0 unspecified atom stereocenters. The zero-order valence-corrected chi connectivity index (χ0v) is 13.9. The predicted molar refractivity (Wildman–Crippen MR) is 90.7 cm³/mol. The molecule has 0 bridgehead atoms. The van der Waals surface area contributed by atoms with E-state index in [0.717, 1.165) is 0 Å². The van der Waals surface area contributed by atoms with E-state index in [9.17, 15) is 4.79 Å². The standard InChI is InChI=1S/C16H11Cl2N3O3/c1-23-13-6-5-11(18)8-12(13)19-14(22)16-21-20-15(24-16)9-3-2-4-10(17)7-9/h2-8H,1H3,(H,19,22). The summed E-state index contributed by atoms with van der Waals surface area (Å²) >= 11 is 11.9. The highest BCUT2D eigenvalue weighted by atomic mass is 35.5. The Balaban J connectivity index is 1.83.